The molecule has 2 aromatic carbocycles. The molecule has 0 saturated carbocycles. The summed E-state index contributed by atoms with van der Waals surface area (Å²) >= 11 is 0. The number of esters is 1. The Morgan fingerprint density at radius 3 is 2.19 bits per heavy atom. The SMILES string of the molecule is CN1C2CCC1CC(OC(=O)C(Nc1ccccc1)c1ccccc1)C2. The molecule has 2 aromatic rings. The maximum atomic E-state index is 13.0. The van der Waals surface area contributed by atoms with Crippen LogP contribution in [0.3, 0.4) is 0 Å². The molecule has 0 radical (unpaired) electrons. The summed E-state index contributed by atoms with van der Waals surface area (Å²) in [4.78, 5) is 15.5. The molecule has 0 aliphatic carbocycles. The van der Waals surface area contributed by atoms with Gasteiger partial charge in [-0.2, -0.15) is 0 Å². The third kappa shape index (κ3) is 3.61. The molecule has 4 heteroatoms. The van der Waals surface area contributed by atoms with Crippen LogP contribution in [-0.4, -0.2) is 36.1 Å². The number of rotatable bonds is 5. The lowest BCUT2D eigenvalue weighted by molar-refractivity contribution is -0.153. The average Bonchev–Trinajstić information content (AvgIpc) is 2.88. The van der Waals surface area contributed by atoms with Crippen LogP contribution in [0.2, 0.25) is 0 Å². The first-order valence-corrected chi connectivity index (χ1v) is 9.49. The van der Waals surface area contributed by atoms with Gasteiger partial charge >= 0.3 is 5.97 Å². The number of hydrogen-bond acceptors (Lipinski definition) is 4. The smallest absolute Gasteiger partial charge is 0.333 e. The second-order valence-electron chi connectivity index (χ2n) is 7.43. The van der Waals surface area contributed by atoms with Crippen LogP contribution >= 0.6 is 0 Å². The number of carbonyl (C=O) groups excluding carboxylic acids is 1. The zero-order valence-corrected chi connectivity index (χ0v) is 15.2. The van der Waals surface area contributed by atoms with Crippen molar-refractivity contribution in [2.24, 2.45) is 0 Å². The van der Waals surface area contributed by atoms with Crippen LogP contribution in [0, 0.1) is 0 Å². The average molecular weight is 350 g/mol. The number of carbonyl (C=O) groups is 1. The second-order valence-corrected chi connectivity index (χ2v) is 7.43. The Bertz CT molecular complexity index is 720. The van der Waals surface area contributed by atoms with E-state index in [1.165, 1.54) is 12.8 Å². The molecule has 2 aliphatic heterocycles. The van der Waals surface area contributed by atoms with Gasteiger partial charge in [0.25, 0.3) is 0 Å². The summed E-state index contributed by atoms with van der Waals surface area (Å²) in [5, 5.41) is 3.35. The zero-order valence-electron chi connectivity index (χ0n) is 15.2. The maximum absolute atomic E-state index is 13.0. The summed E-state index contributed by atoms with van der Waals surface area (Å²) in [5.41, 5.74) is 1.85. The molecular weight excluding hydrogens is 324 g/mol. The van der Waals surface area contributed by atoms with Gasteiger partial charge in [-0.25, -0.2) is 4.79 Å². The van der Waals surface area contributed by atoms with E-state index in [9.17, 15) is 4.79 Å². The standard InChI is InChI=1S/C22H26N2O2/c1-24-18-12-13-19(24)15-20(14-18)26-22(25)21(16-8-4-2-5-9-16)23-17-10-6-3-7-11-17/h2-11,18-21,23H,12-15H2,1H3. The van der Waals surface area contributed by atoms with E-state index in [0.29, 0.717) is 12.1 Å². The predicted octanol–water partition coefficient (Wildman–Crippen LogP) is 4.01. The van der Waals surface area contributed by atoms with Gasteiger partial charge in [0.05, 0.1) is 0 Å². The van der Waals surface area contributed by atoms with Crippen molar-refractivity contribution >= 4 is 11.7 Å². The lowest BCUT2D eigenvalue weighted by atomic mass is 10.00. The monoisotopic (exact) mass is 350 g/mol. The lowest BCUT2D eigenvalue weighted by Crippen LogP contribution is -2.44. The van der Waals surface area contributed by atoms with Crippen LogP contribution in [0.25, 0.3) is 0 Å². The first kappa shape index (κ1) is 17.1. The second kappa shape index (κ2) is 7.50. The summed E-state index contributed by atoms with van der Waals surface area (Å²) < 4.78 is 5.98. The van der Waals surface area contributed by atoms with Crippen molar-refractivity contribution in [2.75, 3.05) is 12.4 Å². The number of benzene rings is 2. The number of nitrogens with zero attached hydrogens (tertiary/aromatic N) is 1. The fourth-order valence-electron chi connectivity index (χ4n) is 4.31. The van der Waals surface area contributed by atoms with Gasteiger partial charge in [-0.15, -0.1) is 0 Å². The van der Waals surface area contributed by atoms with Crippen molar-refractivity contribution in [3.8, 4) is 0 Å². The van der Waals surface area contributed by atoms with Crippen LogP contribution in [0.5, 0.6) is 0 Å². The number of hydrogen-bond donors (Lipinski definition) is 1. The van der Waals surface area contributed by atoms with Crippen molar-refractivity contribution in [1.29, 1.82) is 0 Å². The first-order chi connectivity index (χ1) is 12.7. The van der Waals surface area contributed by atoms with Crippen LogP contribution in [0.15, 0.2) is 60.7 Å². The van der Waals surface area contributed by atoms with Crippen molar-refractivity contribution in [3.63, 3.8) is 0 Å². The predicted molar refractivity (Wildman–Crippen MR) is 103 cm³/mol. The Labute approximate surface area is 155 Å². The Morgan fingerprint density at radius 1 is 1.00 bits per heavy atom. The summed E-state index contributed by atoms with van der Waals surface area (Å²) in [6.45, 7) is 0. The highest BCUT2D eigenvalue weighted by atomic mass is 16.5. The van der Waals surface area contributed by atoms with Crippen molar-refractivity contribution < 1.29 is 9.53 Å². The molecule has 3 unspecified atom stereocenters. The Kier molecular flexibility index (Phi) is 4.93. The number of para-hydroxylation sites is 1. The molecule has 26 heavy (non-hydrogen) atoms. The minimum Gasteiger partial charge on any atom is -0.460 e. The normalized spacial score (nSPS) is 26.3. The highest BCUT2D eigenvalue weighted by Gasteiger charge is 2.40. The fraction of sp³-hybridized carbons (Fsp3) is 0.409. The summed E-state index contributed by atoms with van der Waals surface area (Å²) in [7, 11) is 2.20. The van der Waals surface area contributed by atoms with Crippen molar-refractivity contribution in [3.05, 3.63) is 66.2 Å². The highest BCUT2D eigenvalue weighted by Crippen LogP contribution is 2.36. The van der Waals surface area contributed by atoms with Gasteiger partial charge in [0.15, 0.2) is 6.04 Å². The zero-order chi connectivity index (χ0) is 17.9. The molecule has 2 aliphatic rings. The third-order valence-electron chi connectivity index (χ3n) is 5.79. The highest BCUT2D eigenvalue weighted by molar-refractivity contribution is 5.81. The molecule has 136 valence electrons. The lowest BCUT2D eigenvalue weighted by Gasteiger charge is -2.36. The van der Waals surface area contributed by atoms with E-state index in [2.05, 4.69) is 17.3 Å². The van der Waals surface area contributed by atoms with Gasteiger partial charge in [-0.3, -0.25) is 0 Å². The molecular formula is C22H26N2O2. The topological polar surface area (TPSA) is 41.6 Å². The number of piperidine rings is 1. The van der Waals surface area contributed by atoms with E-state index in [1.807, 2.05) is 60.7 Å². The van der Waals surface area contributed by atoms with E-state index >= 15 is 0 Å². The van der Waals surface area contributed by atoms with Gasteiger partial charge in [-0.1, -0.05) is 48.5 Å². The van der Waals surface area contributed by atoms with Crippen LogP contribution in [0.1, 0.15) is 37.3 Å². The summed E-state index contributed by atoms with van der Waals surface area (Å²) in [6, 6.07) is 20.3. The van der Waals surface area contributed by atoms with E-state index in [4.69, 9.17) is 4.74 Å². The summed E-state index contributed by atoms with van der Waals surface area (Å²) in [5.74, 6) is -0.186. The molecule has 4 nitrogen and oxygen atoms in total. The van der Waals surface area contributed by atoms with Crippen molar-refractivity contribution in [1.82, 2.24) is 4.90 Å². The number of nitrogens with one attached hydrogen (secondary N) is 1. The van der Waals surface area contributed by atoms with Crippen LogP contribution in [-0.2, 0) is 9.53 Å². The Morgan fingerprint density at radius 2 is 1.58 bits per heavy atom. The van der Waals surface area contributed by atoms with Crippen molar-refractivity contribution in [2.45, 2.75) is 49.9 Å². The van der Waals surface area contributed by atoms with Gasteiger partial charge in [0.2, 0.25) is 0 Å². The molecule has 3 atom stereocenters. The first-order valence-electron chi connectivity index (χ1n) is 9.49. The molecule has 0 amide bonds. The van der Waals surface area contributed by atoms with Crippen LogP contribution < -0.4 is 5.32 Å². The molecule has 2 heterocycles. The number of anilines is 1. The minimum absolute atomic E-state index is 0.0278. The Balaban J connectivity index is 1.49. The molecule has 0 spiro atoms. The van der Waals surface area contributed by atoms with E-state index < -0.39 is 6.04 Å². The molecule has 2 bridgehead atoms. The van der Waals surface area contributed by atoms with Crippen LogP contribution in [0.4, 0.5) is 5.69 Å². The molecule has 4 rings (SSSR count). The van der Waals surface area contributed by atoms with Gasteiger partial charge in [0.1, 0.15) is 6.10 Å². The Hall–Kier alpha value is -2.33. The van der Waals surface area contributed by atoms with E-state index in [-0.39, 0.29) is 12.1 Å². The van der Waals surface area contributed by atoms with E-state index in [0.717, 1.165) is 24.1 Å². The molecule has 2 fully saturated rings. The molecule has 1 N–H and O–H groups in total. The largest absolute Gasteiger partial charge is 0.460 e. The minimum atomic E-state index is -0.490. The van der Waals surface area contributed by atoms with Gasteiger partial charge in [-0.05, 0) is 50.4 Å². The molecule has 0 aromatic heterocycles. The molecule has 2 saturated heterocycles. The van der Waals surface area contributed by atoms with Gasteiger partial charge < -0.3 is 15.0 Å². The maximum Gasteiger partial charge on any atom is 0.333 e. The number of fused-ring (bicyclic) bond motifs is 2. The fourth-order valence-corrected chi connectivity index (χ4v) is 4.31. The number of ether oxygens (including phenoxy) is 1. The summed E-state index contributed by atoms with van der Waals surface area (Å²) in [6.07, 6.45) is 4.37. The third-order valence-corrected chi connectivity index (χ3v) is 5.79. The quantitative estimate of drug-likeness (QED) is 0.828. The van der Waals surface area contributed by atoms with Gasteiger partial charge in [0, 0.05) is 17.8 Å². The van der Waals surface area contributed by atoms with E-state index in [1.54, 1.807) is 0 Å².